The summed E-state index contributed by atoms with van der Waals surface area (Å²) in [5, 5.41) is 0. The second-order valence-corrected chi connectivity index (χ2v) is 5.72. The molecule has 0 atom stereocenters. The van der Waals surface area contributed by atoms with Crippen LogP contribution in [0, 0.1) is 6.92 Å². The fourth-order valence-electron chi connectivity index (χ4n) is 2.92. The van der Waals surface area contributed by atoms with Crippen molar-refractivity contribution in [2.45, 2.75) is 26.7 Å². The molecule has 2 aromatic rings. The molecule has 1 heterocycles. The first-order valence-corrected chi connectivity index (χ1v) is 8.06. The highest BCUT2D eigenvalue weighted by Gasteiger charge is 2.17. The molecule has 23 heavy (non-hydrogen) atoms. The zero-order chi connectivity index (χ0) is 16.2. The summed E-state index contributed by atoms with van der Waals surface area (Å²) in [5.74, 6) is 0.967. The predicted octanol–water partition coefficient (Wildman–Crippen LogP) is 5.73. The summed E-state index contributed by atoms with van der Waals surface area (Å²) in [4.78, 5) is 4.85. The molecule has 0 aliphatic heterocycles. The van der Waals surface area contributed by atoms with E-state index < -0.39 is 0 Å². The summed E-state index contributed by atoms with van der Waals surface area (Å²) in [5.41, 5.74) is 5.54. The van der Waals surface area contributed by atoms with Crippen molar-refractivity contribution < 1.29 is 0 Å². The number of aromatic nitrogens is 2. The number of hydrogen-bond donors (Lipinski definition) is 0. The van der Waals surface area contributed by atoms with Gasteiger partial charge in [0.15, 0.2) is 0 Å². The highest BCUT2D eigenvalue weighted by atomic mass is 15.1. The molecule has 2 nitrogen and oxygen atoms in total. The number of rotatable bonds is 4. The Morgan fingerprint density at radius 1 is 1.26 bits per heavy atom. The lowest BCUT2D eigenvalue weighted by Gasteiger charge is -2.14. The minimum Gasteiger partial charge on any atom is -0.293 e. The maximum atomic E-state index is 4.85. The van der Waals surface area contributed by atoms with Crippen LogP contribution in [0.1, 0.15) is 36.7 Å². The molecule has 0 unspecified atom stereocenters. The summed E-state index contributed by atoms with van der Waals surface area (Å²) < 4.78 is 2.24. The average molecular weight is 302 g/mol. The number of allylic oxidation sites excluding steroid dienone is 5. The van der Waals surface area contributed by atoms with E-state index in [1.165, 1.54) is 11.3 Å². The SMILES string of the molecule is C=Cc1nc(-c2cccc(C)c2)n(C2=CCCC=C2)c1/C=C\C. The monoisotopic (exact) mass is 302 g/mol. The predicted molar refractivity (Wildman–Crippen MR) is 99.8 cm³/mol. The first-order chi connectivity index (χ1) is 11.2. The van der Waals surface area contributed by atoms with Gasteiger partial charge in [-0.25, -0.2) is 4.98 Å². The molecule has 1 aromatic carbocycles. The van der Waals surface area contributed by atoms with Gasteiger partial charge in [0.25, 0.3) is 0 Å². The molecule has 0 fully saturated rings. The third-order valence-corrected chi connectivity index (χ3v) is 3.97. The van der Waals surface area contributed by atoms with Crippen molar-refractivity contribution in [2.75, 3.05) is 0 Å². The second-order valence-electron chi connectivity index (χ2n) is 5.72. The number of aryl methyl sites for hydroxylation is 1. The van der Waals surface area contributed by atoms with Gasteiger partial charge in [-0.05, 0) is 51.0 Å². The van der Waals surface area contributed by atoms with Crippen LogP contribution in [0.3, 0.4) is 0 Å². The van der Waals surface area contributed by atoms with Crippen molar-refractivity contribution in [1.82, 2.24) is 9.55 Å². The molecule has 0 radical (unpaired) electrons. The molecule has 0 bridgehead atoms. The van der Waals surface area contributed by atoms with Crippen molar-refractivity contribution in [3.8, 4) is 11.4 Å². The van der Waals surface area contributed by atoms with Gasteiger partial charge in [-0.1, -0.05) is 48.6 Å². The number of nitrogens with zero attached hydrogens (tertiary/aromatic N) is 2. The molecule has 1 aliphatic rings. The van der Waals surface area contributed by atoms with E-state index in [0.29, 0.717) is 0 Å². The molecular weight excluding hydrogens is 280 g/mol. The van der Waals surface area contributed by atoms with Gasteiger partial charge in [0.1, 0.15) is 5.82 Å². The molecule has 1 aromatic heterocycles. The van der Waals surface area contributed by atoms with Crippen molar-refractivity contribution in [2.24, 2.45) is 0 Å². The molecule has 2 heteroatoms. The first kappa shape index (κ1) is 15.3. The van der Waals surface area contributed by atoms with Gasteiger partial charge < -0.3 is 0 Å². The molecule has 0 saturated heterocycles. The van der Waals surface area contributed by atoms with Gasteiger partial charge in [-0.2, -0.15) is 0 Å². The lowest BCUT2D eigenvalue weighted by atomic mass is 10.1. The van der Waals surface area contributed by atoms with E-state index >= 15 is 0 Å². The smallest absolute Gasteiger partial charge is 0.145 e. The number of imidazole rings is 1. The van der Waals surface area contributed by atoms with Crippen LogP contribution in [0.15, 0.2) is 55.1 Å². The van der Waals surface area contributed by atoms with E-state index in [1.807, 2.05) is 19.1 Å². The van der Waals surface area contributed by atoms with Gasteiger partial charge in [0, 0.05) is 11.3 Å². The van der Waals surface area contributed by atoms with Crippen LogP contribution < -0.4 is 0 Å². The Labute approximate surface area is 138 Å². The maximum Gasteiger partial charge on any atom is 0.145 e. The lowest BCUT2D eigenvalue weighted by Crippen LogP contribution is -2.02. The Balaban J connectivity index is 2.28. The highest BCUT2D eigenvalue weighted by Crippen LogP contribution is 2.30. The minimum absolute atomic E-state index is 0.916. The van der Waals surface area contributed by atoms with Gasteiger partial charge in [-0.15, -0.1) is 0 Å². The Morgan fingerprint density at radius 3 is 2.78 bits per heavy atom. The molecule has 1 aliphatic carbocycles. The van der Waals surface area contributed by atoms with Crippen LogP contribution in [0.2, 0.25) is 0 Å². The molecule has 0 amide bonds. The fourth-order valence-corrected chi connectivity index (χ4v) is 2.92. The number of benzene rings is 1. The quantitative estimate of drug-likeness (QED) is 0.705. The number of hydrogen-bond acceptors (Lipinski definition) is 1. The Bertz CT molecular complexity index is 816. The highest BCUT2D eigenvalue weighted by molar-refractivity contribution is 5.75. The average Bonchev–Trinajstić information content (AvgIpc) is 2.94. The Kier molecular flexibility index (Phi) is 4.42. The minimum atomic E-state index is 0.916. The van der Waals surface area contributed by atoms with Crippen LogP contribution in [0.25, 0.3) is 29.2 Å². The van der Waals surface area contributed by atoms with E-state index in [0.717, 1.165) is 35.6 Å². The molecule has 0 saturated carbocycles. The Morgan fingerprint density at radius 2 is 2.13 bits per heavy atom. The normalized spacial score (nSPS) is 14.3. The van der Waals surface area contributed by atoms with Gasteiger partial charge in [0.2, 0.25) is 0 Å². The summed E-state index contributed by atoms with van der Waals surface area (Å²) >= 11 is 0. The van der Waals surface area contributed by atoms with Crippen molar-refractivity contribution in [3.63, 3.8) is 0 Å². The van der Waals surface area contributed by atoms with Crippen molar-refractivity contribution in [1.29, 1.82) is 0 Å². The third-order valence-electron chi connectivity index (χ3n) is 3.97. The molecule has 0 N–H and O–H groups in total. The van der Waals surface area contributed by atoms with Gasteiger partial charge in [0.05, 0.1) is 11.4 Å². The molecule has 116 valence electrons. The Hall–Kier alpha value is -2.61. The lowest BCUT2D eigenvalue weighted by molar-refractivity contribution is 0.996. The topological polar surface area (TPSA) is 17.8 Å². The fraction of sp³-hybridized carbons (Fsp3) is 0.190. The summed E-state index contributed by atoms with van der Waals surface area (Å²) in [6, 6.07) is 8.49. The maximum absolute atomic E-state index is 4.85. The standard InChI is InChI=1S/C21H22N2/c1-4-10-20-19(5-2)22-21(17-12-9-11-16(3)15-17)23(20)18-13-7-6-8-14-18/h4-5,7,9-15H,2,6,8H2,1,3H3/b10-4-. The van der Waals surface area contributed by atoms with Crippen LogP contribution in [-0.2, 0) is 0 Å². The van der Waals surface area contributed by atoms with Gasteiger partial charge >= 0.3 is 0 Å². The molecule has 0 spiro atoms. The van der Waals surface area contributed by atoms with Crippen LogP contribution in [0.5, 0.6) is 0 Å². The van der Waals surface area contributed by atoms with Crippen molar-refractivity contribution >= 4 is 17.8 Å². The van der Waals surface area contributed by atoms with E-state index in [1.54, 1.807) is 0 Å². The third kappa shape index (κ3) is 2.98. The van der Waals surface area contributed by atoms with Crippen LogP contribution in [-0.4, -0.2) is 9.55 Å². The van der Waals surface area contributed by atoms with E-state index in [2.05, 4.69) is 66.6 Å². The van der Waals surface area contributed by atoms with Crippen LogP contribution >= 0.6 is 0 Å². The van der Waals surface area contributed by atoms with E-state index in [4.69, 9.17) is 4.98 Å². The summed E-state index contributed by atoms with van der Waals surface area (Å²) in [7, 11) is 0. The van der Waals surface area contributed by atoms with Crippen molar-refractivity contribution in [3.05, 3.63) is 72.1 Å². The zero-order valence-electron chi connectivity index (χ0n) is 13.8. The first-order valence-electron chi connectivity index (χ1n) is 8.06. The summed E-state index contributed by atoms with van der Waals surface area (Å²) in [6.07, 6.45) is 14.8. The summed E-state index contributed by atoms with van der Waals surface area (Å²) in [6.45, 7) is 8.08. The molecule has 3 rings (SSSR count). The second kappa shape index (κ2) is 6.66. The zero-order valence-corrected chi connectivity index (χ0v) is 13.8. The molecular formula is C21H22N2. The largest absolute Gasteiger partial charge is 0.293 e. The van der Waals surface area contributed by atoms with Crippen LogP contribution in [0.4, 0.5) is 0 Å². The van der Waals surface area contributed by atoms with E-state index in [9.17, 15) is 0 Å². The van der Waals surface area contributed by atoms with E-state index in [-0.39, 0.29) is 0 Å². The van der Waals surface area contributed by atoms with Gasteiger partial charge in [-0.3, -0.25) is 4.57 Å².